The fraction of sp³-hybridized carbons (Fsp3) is 0.412. The minimum Gasteiger partial charge on any atom is -0.384 e. The van der Waals surface area contributed by atoms with Crippen LogP contribution in [0.1, 0.15) is 34.5 Å². The second-order valence-corrected chi connectivity index (χ2v) is 6.86. The molecule has 1 aromatic heterocycles. The summed E-state index contributed by atoms with van der Waals surface area (Å²) in [5.74, 6) is 0. The standard InChI is InChI=1S/C17H20N2S/c1-12-15-6-9-20-17(15)5-8-19(12)11-13-2-3-14-4-7-18-16(14)10-13/h2-3,6,9-10,12,18H,4-5,7-8,11H2,1H3. The molecule has 3 heterocycles. The molecule has 0 amide bonds. The molecule has 20 heavy (non-hydrogen) atoms. The van der Waals surface area contributed by atoms with Gasteiger partial charge in [-0.15, -0.1) is 11.3 Å². The highest BCUT2D eigenvalue weighted by atomic mass is 32.1. The molecule has 2 aromatic rings. The molecule has 104 valence electrons. The summed E-state index contributed by atoms with van der Waals surface area (Å²) in [7, 11) is 0. The predicted molar refractivity (Wildman–Crippen MR) is 85.5 cm³/mol. The number of nitrogens with one attached hydrogen (secondary N) is 1. The number of benzene rings is 1. The van der Waals surface area contributed by atoms with Crippen LogP contribution >= 0.6 is 11.3 Å². The van der Waals surface area contributed by atoms with Crippen molar-refractivity contribution >= 4 is 17.0 Å². The quantitative estimate of drug-likeness (QED) is 0.901. The van der Waals surface area contributed by atoms with E-state index < -0.39 is 0 Å². The number of hydrogen-bond acceptors (Lipinski definition) is 3. The summed E-state index contributed by atoms with van der Waals surface area (Å²) in [6.45, 7) is 5.68. The van der Waals surface area contributed by atoms with Gasteiger partial charge in [0.05, 0.1) is 0 Å². The van der Waals surface area contributed by atoms with Gasteiger partial charge in [-0.3, -0.25) is 4.90 Å². The van der Waals surface area contributed by atoms with Crippen molar-refractivity contribution in [3.05, 3.63) is 51.2 Å². The third-order valence-corrected chi connectivity index (χ3v) is 5.67. The zero-order chi connectivity index (χ0) is 13.5. The van der Waals surface area contributed by atoms with Crippen molar-refractivity contribution in [2.75, 3.05) is 18.4 Å². The van der Waals surface area contributed by atoms with E-state index in [-0.39, 0.29) is 0 Å². The second-order valence-electron chi connectivity index (χ2n) is 5.86. The molecule has 1 unspecified atom stereocenters. The SMILES string of the molecule is CC1c2ccsc2CCN1Cc1ccc2c(c1)NCC2. The normalized spacial score (nSPS) is 21.4. The maximum absolute atomic E-state index is 3.48. The van der Waals surface area contributed by atoms with Crippen LogP contribution in [0.15, 0.2) is 29.6 Å². The maximum atomic E-state index is 3.48. The van der Waals surface area contributed by atoms with Gasteiger partial charge in [-0.25, -0.2) is 0 Å². The summed E-state index contributed by atoms with van der Waals surface area (Å²) in [6, 6.07) is 9.81. The van der Waals surface area contributed by atoms with E-state index in [1.165, 1.54) is 36.2 Å². The molecule has 0 bridgehead atoms. The highest BCUT2D eigenvalue weighted by molar-refractivity contribution is 7.10. The zero-order valence-electron chi connectivity index (χ0n) is 11.9. The molecule has 3 heteroatoms. The summed E-state index contributed by atoms with van der Waals surface area (Å²) in [5.41, 5.74) is 5.80. The Morgan fingerprint density at radius 1 is 1.30 bits per heavy atom. The molecule has 0 saturated carbocycles. The Balaban J connectivity index is 1.55. The molecule has 0 radical (unpaired) electrons. The fourth-order valence-corrected chi connectivity index (χ4v) is 4.41. The largest absolute Gasteiger partial charge is 0.384 e. The van der Waals surface area contributed by atoms with Gasteiger partial charge < -0.3 is 5.32 Å². The highest BCUT2D eigenvalue weighted by Gasteiger charge is 2.24. The molecule has 0 fully saturated rings. The van der Waals surface area contributed by atoms with Crippen LogP contribution in [0.25, 0.3) is 0 Å². The molecule has 0 spiro atoms. The number of nitrogens with zero attached hydrogens (tertiary/aromatic N) is 1. The first kappa shape index (κ1) is 12.4. The monoisotopic (exact) mass is 284 g/mol. The van der Waals surface area contributed by atoms with Crippen molar-refractivity contribution in [2.45, 2.75) is 32.4 Å². The van der Waals surface area contributed by atoms with Crippen molar-refractivity contribution < 1.29 is 0 Å². The Bertz CT molecular complexity index is 632. The predicted octanol–water partition coefficient (Wildman–Crippen LogP) is 3.84. The van der Waals surface area contributed by atoms with Crippen molar-refractivity contribution in [2.24, 2.45) is 0 Å². The number of anilines is 1. The molecule has 1 aromatic carbocycles. The van der Waals surface area contributed by atoms with Crippen LogP contribution in [0.4, 0.5) is 5.69 Å². The van der Waals surface area contributed by atoms with Crippen molar-refractivity contribution in [3.8, 4) is 0 Å². The van der Waals surface area contributed by atoms with E-state index in [0.29, 0.717) is 6.04 Å². The Labute approximate surface area is 124 Å². The van der Waals surface area contributed by atoms with Gasteiger partial charge in [0, 0.05) is 36.2 Å². The zero-order valence-corrected chi connectivity index (χ0v) is 12.7. The van der Waals surface area contributed by atoms with E-state index >= 15 is 0 Å². The topological polar surface area (TPSA) is 15.3 Å². The van der Waals surface area contributed by atoms with Gasteiger partial charge in [0.25, 0.3) is 0 Å². The van der Waals surface area contributed by atoms with Crippen LogP contribution in [-0.4, -0.2) is 18.0 Å². The van der Waals surface area contributed by atoms with E-state index in [9.17, 15) is 0 Å². The minimum atomic E-state index is 0.547. The molecular weight excluding hydrogens is 264 g/mol. The Kier molecular flexibility index (Phi) is 3.04. The summed E-state index contributed by atoms with van der Waals surface area (Å²) >= 11 is 1.92. The molecule has 1 atom stereocenters. The van der Waals surface area contributed by atoms with Gasteiger partial charge in [0.15, 0.2) is 0 Å². The van der Waals surface area contributed by atoms with Gasteiger partial charge >= 0.3 is 0 Å². The number of fused-ring (bicyclic) bond motifs is 2. The van der Waals surface area contributed by atoms with E-state index in [1.54, 1.807) is 10.4 Å². The first-order valence-corrected chi connectivity index (χ1v) is 8.35. The van der Waals surface area contributed by atoms with E-state index in [2.05, 4.69) is 46.8 Å². The molecule has 0 saturated heterocycles. The van der Waals surface area contributed by atoms with Crippen LogP contribution in [0.2, 0.25) is 0 Å². The number of rotatable bonds is 2. The smallest absolute Gasteiger partial charge is 0.0376 e. The number of thiophene rings is 1. The van der Waals surface area contributed by atoms with Crippen LogP contribution in [0.5, 0.6) is 0 Å². The third kappa shape index (κ3) is 2.05. The van der Waals surface area contributed by atoms with E-state index in [4.69, 9.17) is 0 Å². The maximum Gasteiger partial charge on any atom is 0.0376 e. The average molecular weight is 284 g/mol. The Morgan fingerprint density at radius 3 is 3.20 bits per heavy atom. The first-order chi connectivity index (χ1) is 9.81. The van der Waals surface area contributed by atoms with E-state index in [0.717, 1.165) is 13.1 Å². The van der Waals surface area contributed by atoms with Crippen LogP contribution in [-0.2, 0) is 19.4 Å². The lowest BCUT2D eigenvalue weighted by Gasteiger charge is -2.33. The summed E-state index contributed by atoms with van der Waals surface area (Å²) in [6.07, 6.45) is 2.38. The lowest BCUT2D eigenvalue weighted by molar-refractivity contribution is 0.191. The van der Waals surface area contributed by atoms with Crippen molar-refractivity contribution in [1.82, 2.24) is 4.90 Å². The van der Waals surface area contributed by atoms with Crippen LogP contribution < -0.4 is 5.32 Å². The Hall–Kier alpha value is -1.32. The van der Waals surface area contributed by atoms with E-state index in [1.807, 2.05) is 11.3 Å². The molecule has 2 nitrogen and oxygen atoms in total. The first-order valence-electron chi connectivity index (χ1n) is 7.47. The fourth-order valence-electron chi connectivity index (χ4n) is 3.45. The third-order valence-electron chi connectivity index (χ3n) is 4.67. The lowest BCUT2D eigenvalue weighted by Crippen LogP contribution is -2.32. The molecule has 2 aliphatic heterocycles. The molecule has 2 aliphatic rings. The highest BCUT2D eigenvalue weighted by Crippen LogP contribution is 2.34. The molecular formula is C17H20N2S. The van der Waals surface area contributed by atoms with Gasteiger partial charge in [-0.2, -0.15) is 0 Å². The van der Waals surface area contributed by atoms with Gasteiger partial charge in [-0.1, -0.05) is 12.1 Å². The van der Waals surface area contributed by atoms with Crippen molar-refractivity contribution in [1.29, 1.82) is 0 Å². The Morgan fingerprint density at radius 2 is 2.25 bits per heavy atom. The average Bonchev–Trinajstić information content (AvgIpc) is 3.10. The van der Waals surface area contributed by atoms with Crippen molar-refractivity contribution in [3.63, 3.8) is 0 Å². The molecule has 0 aliphatic carbocycles. The molecule has 1 N–H and O–H groups in total. The summed E-state index contributed by atoms with van der Waals surface area (Å²) in [4.78, 5) is 4.19. The number of hydrogen-bond donors (Lipinski definition) is 1. The van der Waals surface area contributed by atoms with Gasteiger partial charge in [0.1, 0.15) is 0 Å². The second kappa shape index (κ2) is 4.90. The lowest BCUT2D eigenvalue weighted by atomic mass is 10.0. The van der Waals surface area contributed by atoms with Crippen LogP contribution in [0.3, 0.4) is 0 Å². The minimum absolute atomic E-state index is 0.547. The van der Waals surface area contributed by atoms with Gasteiger partial charge in [0.2, 0.25) is 0 Å². The van der Waals surface area contributed by atoms with Gasteiger partial charge in [-0.05, 0) is 54.0 Å². The summed E-state index contributed by atoms with van der Waals surface area (Å²) in [5, 5.41) is 5.72. The molecule has 4 rings (SSSR count). The summed E-state index contributed by atoms with van der Waals surface area (Å²) < 4.78 is 0. The van der Waals surface area contributed by atoms with Crippen LogP contribution in [0, 0.1) is 0 Å².